The third-order valence-corrected chi connectivity index (χ3v) is 3.03. The summed E-state index contributed by atoms with van der Waals surface area (Å²) in [6.45, 7) is 3.05. The first-order valence-corrected chi connectivity index (χ1v) is 5.61. The average Bonchev–Trinajstić information content (AvgIpc) is 2.61. The van der Waals surface area contributed by atoms with E-state index < -0.39 is 0 Å². The second-order valence-corrected chi connectivity index (χ2v) is 4.68. The lowest BCUT2D eigenvalue weighted by molar-refractivity contribution is 0.317. The topological polar surface area (TPSA) is 47.1 Å². The van der Waals surface area contributed by atoms with E-state index in [2.05, 4.69) is 32.0 Å². The molecule has 1 saturated heterocycles. The summed E-state index contributed by atoms with van der Waals surface area (Å²) in [5.41, 5.74) is 7.08. The maximum atomic E-state index is 5.85. The summed E-state index contributed by atoms with van der Waals surface area (Å²) in [6, 6.07) is 2.41. The quantitative estimate of drug-likeness (QED) is 0.851. The maximum absolute atomic E-state index is 5.85. The zero-order valence-corrected chi connectivity index (χ0v) is 9.87. The molecule has 0 radical (unpaired) electrons. The summed E-state index contributed by atoms with van der Waals surface area (Å²) < 4.78 is 2.81. The van der Waals surface area contributed by atoms with Gasteiger partial charge in [0.15, 0.2) is 0 Å². The lowest BCUT2D eigenvalue weighted by Gasteiger charge is -2.14. The van der Waals surface area contributed by atoms with E-state index in [9.17, 15) is 0 Å². The molecule has 4 nitrogen and oxygen atoms in total. The molecule has 2 rings (SSSR count). The van der Waals surface area contributed by atoms with Gasteiger partial charge in [-0.1, -0.05) is 0 Å². The fourth-order valence-electron chi connectivity index (χ4n) is 1.85. The summed E-state index contributed by atoms with van der Waals surface area (Å²) >= 11 is 3.37. The van der Waals surface area contributed by atoms with Crippen molar-refractivity contribution in [2.45, 2.75) is 19.0 Å². The molecule has 5 heteroatoms. The number of aryl methyl sites for hydroxylation is 1. The average molecular weight is 259 g/mol. The zero-order valence-electron chi connectivity index (χ0n) is 8.28. The standard InChI is InChI=1S/C9H15BrN4/c1-13-8(4-9(10)12-13)6-14-3-2-7(11)5-14/h4,7H,2-3,5-6,11H2,1H3. The molecular weight excluding hydrogens is 244 g/mol. The molecule has 0 saturated carbocycles. The molecule has 1 atom stereocenters. The first-order valence-electron chi connectivity index (χ1n) is 4.81. The highest BCUT2D eigenvalue weighted by Gasteiger charge is 2.19. The van der Waals surface area contributed by atoms with Crippen LogP contribution >= 0.6 is 15.9 Å². The number of nitrogens with two attached hydrogens (primary N) is 1. The van der Waals surface area contributed by atoms with Gasteiger partial charge in [-0.15, -0.1) is 0 Å². The Balaban J connectivity index is 2.00. The Hall–Kier alpha value is -0.390. The van der Waals surface area contributed by atoms with Gasteiger partial charge in [-0.25, -0.2) is 0 Å². The highest BCUT2D eigenvalue weighted by molar-refractivity contribution is 9.10. The fraction of sp³-hybridized carbons (Fsp3) is 0.667. The van der Waals surface area contributed by atoms with E-state index in [0.717, 1.165) is 30.7 Å². The molecule has 0 spiro atoms. The van der Waals surface area contributed by atoms with E-state index in [1.54, 1.807) is 0 Å². The minimum absolute atomic E-state index is 0.353. The van der Waals surface area contributed by atoms with Crippen LogP contribution in [0.4, 0.5) is 0 Å². The number of hydrogen-bond donors (Lipinski definition) is 1. The maximum Gasteiger partial charge on any atom is 0.128 e. The molecule has 1 aromatic rings. The zero-order chi connectivity index (χ0) is 10.1. The van der Waals surface area contributed by atoms with Crippen molar-refractivity contribution in [2.24, 2.45) is 12.8 Å². The van der Waals surface area contributed by atoms with Gasteiger partial charge in [0, 0.05) is 32.7 Å². The van der Waals surface area contributed by atoms with Gasteiger partial charge in [0.2, 0.25) is 0 Å². The molecule has 0 aliphatic carbocycles. The lowest BCUT2D eigenvalue weighted by atomic mass is 10.3. The van der Waals surface area contributed by atoms with Crippen molar-refractivity contribution in [3.05, 3.63) is 16.4 Å². The molecule has 78 valence electrons. The van der Waals surface area contributed by atoms with Crippen molar-refractivity contribution >= 4 is 15.9 Å². The molecule has 14 heavy (non-hydrogen) atoms. The van der Waals surface area contributed by atoms with Crippen LogP contribution in [0.2, 0.25) is 0 Å². The molecule has 0 amide bonds. The molecule has 0 aromatic carbocycles. The molecule has 1 aliphatic heterocycles. The highest BCUT2D eigenvalue weighted by Crippen LogP contribution is 2.15. The van der Waals surface area contributed by atoms with Gasteiger partial charge >= 0.3 is 0 Å². The minimum atomic E-state index is 0.353. The van der Waals surface area contributed by atoms with Crippen LogP contribution in [-0.2, 0) is 13.6 Å². The largest absolute Gasteiger partial charge is 0.326 e. The number of likely N-dealkylation sites (tertiary alicyclic amines) is 1. The monoisotopic (exact) mass is 258 g/mol. The second kappa shape index (κ2) is 4.00. The van der Waals surface area contributed by atoms with Crippen molar-refractivity contribution < 1.29 is 0 Å². The first kappa shape index (κ1) is 10.1. The molecular formula is C9H15BrN4. The summed E-state index contributed by atoms with van der Waals surface area (Å²) in [4.78, 5) is 2.37. The van der Waals surface area contributed by atoms with Gasteiger partial charge in [0.25, 0.3) is 0 Å². The molecule has 1 unspecified atom stereocenters. The Kier molecular flexibility index (Phi) is 2.90. The Morgan fingerprint density at radius 1 is 1.71 bits per heavy atom. The number of hydrogen-bond acceptors (Lipinski definition) is 3. The molecule has 1 fully saturated rings. The third-order valence-electron chi connectivity index (χ3n) is 2.64. The van der Waals surface area contributed by atoms with Gasteiger partial charge in [-0.2, -0.15) is 5.10 Å². The van der Waals surface area contributed by atoms with Crippen LogP contribution in [0.3, 0.4) is 0 Å². The molecule has 0 bridgehead atoms. The number of halogens is 1. The predicted octanol–water partition coefficient (Wildman–Crippen LogP) is 0.716. The molecule has 1 aliphatic rings. The van der Waals surface area contributed by atoms with Crippen molar-refractivity contribution in [3.8, 4) is 0 Å². The van der Waals surface area contributed by atoms with Gasteiger partial charge in [0.1, 0.15) is 4.60 Å². The van der Waals surface area contributed by atoms with Crippen LogP contribution in [-0.4, -0.2) is 33.8 Å². The van der Waals surface area contributed by atoms with Crippen molar-refractivity contribution in [3.63, 3.8) is 0 Å². The minimum Gasteiger partial charge on any atom is -0.326 e. The van der Waals surface area contributed by atoms with E-state index in [4.69, 9.17) is 5.73 Å². The summed E-state index contributed by atoms with van der Waals surface area (Å²) in [6.07, 6.45) is 1.11. The predicted molar refractivity (Wildman–Crippen MR) is 58.8 cm³/mol. The van der Waals surface area contributed by atoms with Crippen LogP contribution in [0, 0.1) is 0 Å². The Morgan fingerprint density at radius 3 is 3.00 bits per heavy atom. The lowest BCUT2D eigenvalue weighted by Crippen LogP contribution is -2.26. The number of aromatic nitrogens is 2. The number of rotatable bonds is 2. The van der Waals surface area contributed by atoms with Gasteiger partial charge < -0.3 is 5.73 Å². The van der Waals surface area contributed by atoms with Crippen LogP contribution in [0.5, 0.6) is 0 Å². The van der Waals surface area contributed by atoms with Gasteiger partial charge in [-0.05, 0) is 28.4 Å². The third kappa shape index (κ3) is 2.16. The van der Waals surface area contributed by atoms with E-state index in [1.807, 2.05) is 11.7 Å². The smallest absolute Gasteiger partial charge is 0.128 e. The Labute approximate surface area is 92.2 Å². The van der Waals surface area contributed by atoms with Crippen molar-refractivity contribution in [1.82, 2.24) is 14.7 Å². The van der Waals surface area contributed by atoms with Gasteiger partial charge in [0.05, 0.1) is 5.69 Å². The summed E-state index contributed by atoms with van der Waals surface area (Å²) in [7, 11) is 1.97. The Bertz CT molecular complexity index is 323. The van der Waals surface area contributed by atoms with Crippen LogP contribution in [0.1, 0.15) is 12.1 Å². The van der Waals surface area contributed by atoms with Crippen molar-refractivity contribution in [1.29, 1.82) is 0 Å². The summed E-state index contributed by atoms with van der Waals surface area (Å²) in [5.74, 6) is 0. The SMILES string of the molecule is Cn1nc(Br)cc1CN1CCC(N)C1. The highest BCUT2D eigenvalue weighted by atomic mass is 79.9. The van der Waals surface area contributed by atoms with E-state index >= 15 is 0 Å². The van der Waals surface area contributed by atoms with Crippen molar-refractivity contribution in [2.75, 3.05) is 13.1 Å². The fourth-order valence-corrected chi connectivity index (χ4v) is 2.35. The Morgan fingerprint density at radius 2 is 2.50 bits per heavy atom. The number of nitrogens with zero attached hydrogens (tertiary/aromatic N) is 3. The van der Waals surface area contributed by atoms with Crippen LogP contribution < -0.4 is 5.73 Å². The first-order chi connectivity index (χ1) is 6.65. The molecule has 1 aromatic heterocycles. The summed E-state index contributed by atoms with van der Waals surface area (Å²) in [5, 5.41) is 4.25. The van der Waals surface area contributed by atoms with E-state index in [1.165, 1.54) is 5.69 Å². The second-order valence-electron chi connectivity index (χ2n) is 3.87. The van der Waals surface area contributed by atoms with Gasteiger partial charge in [-0.3, -0.25) is 9.58 Å². The van der Waals surface area contributed by atoms with Crippen LogP contribution in [0.15, 0.2) is 10.7 Å². The van der Waals surface area contributed by atoms with Crippen LogP contribution in [0.25, 0.3) is 0 Å². The molecule has 2 N–H and O–H groups in total. The van der Waals surface area contributed by atoms with E-state index in [-0.39, 0.29) is 0 Å². The normalized spacial score (nSPS) is 23.2. The molecule has 2 heterocycles. The van der Waals surface area contributed by atoms with E-state index in [0.29, 0.717) is 6.04 Å².